The molecule has 1 aliphatic heterocycles. The van der Waals surface area contributed by atoms with Crippen LogP contribution in [0.15, 0.2) is 60.7 Å². The standard InChI is InChI=1S/2C7H7.C4H8O2.Mg/c2*1-7-5-3-2-4-6-7;1-2-6-4-3-5-1;/h2*2-6H,1H2;1-4H2;. The number of ether oxygens (including phenoxy) is 2. The third-order valence-corrected chi connectivity index (χ3v) is 5.22. The molecule has 1 heterocycles. The minimum absolute atomic E-state index is 0.0148. The Labute approximate surface area is 137 Å². The van der Waals surface area contributed by atoms with E-state index >= 15 is 0 Å². The second kappa shape index (κ2) is 10.8. The van der Waals surface area contributed by atoms with Gasteiger partial charge in [-0.2, -0.15) is 0 Å². The van der Waals surface area contributed by atoms with E-state index in [0.29, 0.717) is 0 Å². The van der Waals surface area contributed by atoms with Crippen LogP contribution in [0.1, 0.15) is 11.1 Å². The van der Waals surface area contributed by atoms with Gasteiger partial charge in [-0.05, 0) is 0 Å². The molecular formula is C18H22MgO2. The Morgan fingerprint density at radius 2 is 1.00 bits per heavy atom. The first-order valence-corrected chi connectivity index (χ1v) is 9.68. The van der Waals surface area contributed by atoms with E-state index in [4.69, 9.17) is 9.47 Å². The summed E-state index contributed by atoms with van der Waals surface area (Å²) >= 11 is 0.0148. The lowest BCUT2D eigenvalue weighted by Gasteiger charge is -2.09. The summed E-state index contributed by atoms with van der Waals surface area (Å²) in [5.41, 5.74) is 3.00. The van der Waals surface area contributed by atoms with Crippen LogP contribution in [0.5, 0.6) is 0 Å². The van der Waals surface area contributed by atoms with Crippen LogP contribution in [-0.2, 0) is 18.6 Å². The van der Waals surface area contributed by atoms with E-state index in [1.807, 2.05) is 0 Å². The molecule has 0 amide bonds. The lowest BCUT2D eigenvalue weighted by Crippen LogP contribution is -2.16. The lowest BCUT2D eigenvalue weighted by atomic mass is 10.2. The van der Waals surface area contributed by atoms with Crippen LogP contribution in [0.3, 0.4) is 0 Å². The number of hydrogen-bond acceptors (Lipinski definition) is 2. The van der Waals surface area contributed by atoms with Crippen LogP contribution in [0.25, 0.3) is 0 Å². The molecule has 1 saturated heterocycles. The summed E-state index contributed by atoms with van der Waals surface area (Å²) in [6.07, 6.45) is 0. The van der Waals surface area contributed by atoms with E-state index in [1.165, 1.54) is 20.2 Å². The molecule has 0 aromatic heterocycles. The third-order valence-electron chi connectivity index (χ3n) is 3.36. The van der Waals surface area contributed by atoms with Gasteiger partial charge in [-0.3, -0.25) is 0 Å². The van der Waals surface area contributed by atoms with Gasteiger partial charge in [0.1, 0.15) is 0 Å². The molecule has 3 rings (SSSR count). The first kappa shape index (κ1) is 16.5. The van der Waals surface area contributed by atoms with E-state index in [1.54, 1.807) is 0 Å². The summed E-state index contributed by atoms with van der Waals surface area (Å²) in [7, 11) is 0. The van der Waals surface area contributed by atoms with Crippen LogP contribution >= 0.6 is 0 Å². The molecule has 0 N–H and O–H groups in total. The number of benzene rings is 2. The minimum Gasteiger partial charge on any atom is -0.377 e. The van der Waals surface area contributed by atoms with Gasteiger partial charge >= 0.3 is 20.4 Å². The monoisotopic (exact) mass is 294 g/mol. The maximum atomic E-state index is 4.94. The Morgan fingerprint density at radius 1 is 0.619 bits per heavy atom. The Balaban J connectivity index is 0.000000225. The maximum absolute atomic E-state index is 4.94. The normalized spacial score (nSPS) is 13.7. The highest BCUT2D eigenvalue weighted by atomic mass is 24.5. The Kier molecular flexibility index (Phi) is 8.48. The zero-order valence-electron chi connectivity index (χ0n) is 12.5. The van der Waals surface area contributed by atoms with Crippen LogP contribution in [0.2, 0.25) is 0 Å². The van der Waals surface area contributed by atoms with Gasteiger partial charge in [-0.1, -0.05) is 71.8 Å². The van der Waals surface area contributed by atoms with E-state index in [-0.39, 0.29) is 20.4 Å². The van der Waals surface area contributed by atoms with Gasteiger partial charge in [0.2, 0.25) is 0 Å². The molecule has 108 valence electrons. The fourth-order valence-electron chi connectivity index (χ4n) is 2.23. The molecule has 1 aliphatic rings. The quantitative estimate of drug-likeness (QED) is 0.807. The zero-order valence-corrected chi connectivity index (χ0v) is 14.0. The first-order chi connectivity index (χ1) is 10.4. The van der Waals surface area contributed by atoms with Crippen molar-refractivity contribution in [2.45, 2.75) is 9.10 Å². The van der Waals surface area contributed by atoms with Crippen molar-refractivity contribution >= 4 is 20.4 Å². The molecule has 2 nitrogen and oxygen atoms in total. The Hall–Kier alpha value is -0.874. The van der Waals surface area contributed by atoms with Crippen molar-refractivity contribution in [1.82, 2.24) is 0 Å². The van der Waals surface area contributed by atoms with Crippen LogP contribution < -0.4 is 0 Å². The van der Waals surface area contributed by atoms with Crippen molar-refractivity contribution in [3.05, 3.63) is 71.8 Å². The molecule has 3 heteroatoms. The second-order valence-electron chi connectivity index (χ2n) is 5.05. The van der Waals surface area contributed by atoms with E-state index in [2.05, 4.69) is 60.7 Å². The third kappa shape index (κ3) is 7.62. The lowest BCUT2D eigenvalue weighted by molar-refractivity contribution is -0.0334. The second-order valence-corrected chi connectivity index (χ2v) is 6.76. The molecule has 0 unspecified atom stereocenters. The number of hydrogen-bond donors (Lipinski definition) is 0. The summed E-state index contributed by atoms with van der Waals surface area (Å²) in [6.45, 7) is 3.11. The largest absolute Gasteiger partial charge is 0.377 e. The average molecular weight is 295 g/mol. The Morgan fingerprint density at radius 3 is 1.33 bits per heavy atom. The summed E-state index contributed by atoms with van der Waals surface area (Å²) in [6, 6.07) is 21.6. The van der Waals surface area contributed by atoms with Crippen molar-refractivity contribution < 1.29 is 9.47 Å². The minimum atomic E-state index is 0.0148. The Bertz CT molecular complexity index is 418. The number of rotatable bonds is 4. The van der Waals surface area contributed by atoms with Crippen molar-refractivity contribution in [1.29, 1.82) is 0 Å². The molecule has 21 heavy (non-hydrogen) atoms. The zero-order chi connectivity index (χ0) is 14.6. The molecule has 0 bridgehead atoms. The summed E-state index contributed by atoms with van der Waals surface area (Å²) < 4.78 is 12.5. The summed E-state index contributed by atoms with van der Waals surface area (Å²) in [5, 5.41) is 0. The highest BCUT2D eigenvalue weighted by Crippen LogP contribution is 2.02. The summed E-state index contributed by atoms with van der Waals surface area (Å²) in [4.78, 5) is 0. The molecule has 1 fully saturated rings. The summed E-state index contributed by atoms with van der Waals surface area (Å²) in [5.74, 6) is 0. The van der Waals surface area contributed by atoms with Gasteiger partial charge in [-0.25, -0.2) is 0 Å². The van der Waals surface area contributed by atoms with Crippen LogP contribution in [-0.4, -0.2) is 46.8 Å². The van der Waals surface area contributed by atoms with Gasteiger partial charge in [0.25, 0.3) is 0 Å². The van der Waals surface area contributed by atoms with Crippen molar-refractivity contribution in [2.24, 2.45) is 0 Å². The molecule has 0 aliphatic carbocycles. The smallest absolute Gasteiger partial charge is 0.377 e. The van der Waals surface area contributed by atoms with Crippen molar-refractivity contribution in [3.63, 3.8) is 0 Å². The van der Waals surface area contributed by atoms with Crippen molar-refractivity contribution in [2.75, 3.05) is 26.4 Å². The van der Waals surface area contributed by atoms with Crippen LogP contribution in [0.4, 0.5) is 0 Å². The van der Waals surface area contributed by atoms with Crippen molar-refractivity contribution in [3.8, 4) is 0 Å². The fourth-order valence-corrected chi connectivity index (χ4v) is 3.89. The predicted octanol–water partition coefficient (Wildman–Crippen LogP) is 3.12. The molecular weight excluding hydrogens is 273 g/mol. The van der Waals surface area contributed by atoms with Gasteiger partial charge < -0.3 is 9.47 Å². The van der Waals surface area contributed by atoms with Gasteiger partial charge in [0.15, 0.2) is 0 Å². The van der Waals surface area contributed by atoms with Gasteiger partial charge in [0.05, 0.1) is 26.4 Å². The van der Waals surface area contributed by atoms with E-state index < -0.39 is 0 Å². The van der Waals surface area contributed by atoms with E-state index in [0.717, 1.165) is 26.4 Å². The SMILES string of the molecule is C1COCCO1.c1ccc([CH2][Mg][CH2]c2ccccc2)cc1. The molecule has 2 aromatic carbocycles. The fraction of sp³-hybridized carbons (Fsp3) is 0.333. The van der Waals surface area contributed by atoms with Crippen LogP contribution in [0, 0.1) is 0 Å². The molecule has 0 spiro atoms. The molecule has 2 aromatic rings. The first-order valence-electron chi connectivity index (χ1n) is 7.68. The average Bonchev–Trinajstić information content (AvgIpc) is 2.59. The highest BCUT2D eigenvalue weighted by molar-refractivity contribution is 6.34. The van der Waals surface area contributed by atoms with E-state index in [9.17, 15) is 0 Å². The van der Waals surface area contributed by atoms with Gasteiger partial charge in [-0.15, -0.1) is 9.10 Å². The molecule has 0 atom stereocenters. The van der Waals surface area contributed by atoms with Gasteiger partial charge in [0, 0.05) is 0 Å². The maximum Gasteiger partial charge on any atom is 0.377 e. The topological polar surface area (TPSA) is 18.5 Å². The highest BCUT2D eigenvalue weighted by Gasteiger charge is 1.98. The molecule has 0 saturated carbocycles. The predicted molar refractivity (Wildman–Crippen MR) is 87.7 cm³/mol. The molecule has 0 radical (unpaired) electrons.